The minimum Gasteiger partial charge on any atom is -0.493 e. The molecule has 0 saturated carbocycles. The molecule has 0 aliphatic carbocycles. The van der Waals surface area contributed by atoms with E-state index in [0.717, 1.165) is 39.3 Å². The second kappa shape index (κ2) is 8.01. The SMILES string of the molecule is COc1cc2c(N)c(C#N)cnc2cc1OCCCN1CCOCC1. The van der Waals surface area contributed by atoms with E-state index in [0.29, 0.717) is 40.3 Å². The lowest BCUT2D eigenvalue weighted by Crippen LogP contribution is -2.37. The molecule has 1 aromatic carbocycles. The van der Waals surface area contributed by atoms with E-state index in [-0.39, 0.29) is 0 Å². The average Bonchev–Trinajstić information content (AvgIpc) is 2.66. The zero-order valence-corrected chi connectivity index (χ0v) is 14.3. The van der Waals surface area contributed by atoms with Crippen molar-refractivity contribution in [3.05, 3.63) is 23.9 Å². The number of fused-ring (bicyclic) bond motifs is 1. The van der Waals surface area contributed by atoms with Gasteiger partial charge in [0.1, 0.15) is 6.07 Å². The van der Waals surface area contributed by atoms with Crippen LogP contribution in [0.1, 0.15) is 12.0 Å². The van der Waals surface area contributed by atoms with Gasteiger partial charge in [0.2, 0.25) is 0 Å². The van der Waals surface area contributed by atoms with Crippen LogP contribution >= 0.6 is 0 Å². The Morgan fingerprint density at radius 3 is 2.84 bits per heavy atom. The van der Waals surface area contributed by atoms with Crippen molar-refractivity contribution in [2.24, 2.45) is 0 Å². The normalized spacial score (nSPS) is 15.0. The lowest BCUT2D eigenvalue weighted by atomic mass is 10.1. The fourth-order valence-corrected chi connectivity index (χ4v) is 2.88. The third-order valence-corrected chi connectivity index (χ3v) is 4.30. The number of nitrogens with zero attached hydrogens (tertiary/aromatic N) is 3. The summed E-state index contributed by atoms with van der Waals surface area (Å²) in [6.07, 6.45) is 2.40. The number of morpholine rings is 1. The zero-order chi connectivity index (χ0) is 17.6. The minimum absolute atomic E-state index is 0.355. The third kappa shape index (κ3) is 3.92. The summed E-state index contributed by atoms with van der Waals surface area (Å²) in [5.41, 5.74) is 7.48. The van der Waals surface area contributed by atoms with Gasteiger partial charge in [0.05, 0.1) is 43.7 Å². The largest absolute Gasteiger partial charge is 0.493 e. The van der Waals surface area contributed by atoms with E-state index >= 15 is 0 Å². The lowest BCUT2D eigenvalue weighted by Gasteiger charge is -2.26. The minimum atomic E-state index is 0.355. The maximum Gasteiger partial charge on any atom is 0.163 e. The van der Waals surface area contributed by atoms with E-state index in [4.69, 9.17) is 25.2 Å². The molecule has 0 unspecified atom stereocenters. The maximum atomic E-state index is 9.07. The first-order valence-corrected chi connectivity index (χ1v) is 8.32. The second-order valence-corrected chi connectivity index (χ2v) is 5.87. The summed E-state index contributed by atoms with van der Waals surface area (Å²) in [6, 6.07) is 5.62. The Bertz CT molecular complexity index is 782. The lowest BCUT2D eigenvalue weighted by molar-refractivity contribution is 0.0357. The van der Waals surface area contributed by atoms with Crippen LogP contribution in [0.3, 0.4) is 0 Å². The number of nitrogens with two attached hydrogens (primary N) is 1. The average molecular weight is 342 g/mol. The molecule has 7 heteroatoms. The molecule has 1 saturated heterocycles. The van der Waals surface area contributed by atoms with Crippen LogP contribution in [0.25, 0.3) is 10.9 Å². The Balaban J connectivity index is 1.69. The van der Waals surface area contributed by atoms with Crippen molar-refractivity contribution >= 4 is 16.6 Å². The molecule has 1 aliphatic rings. The third-order valence-electron chi connectivity index (χ3n) is 4.30. The Morgan fingerprint density at radius 2 is 2.12 bits per heavy atom. The monoisotopic (exact) mass is 342 g/mol. The standard InChI is InChI=1S/C18H22N4O3/c1-23-16-9-14-15(21-12-13(11-19)18(14)20)10-17(16)25-6-2-3-22-4-7-24-8-5-22/h9-10,12H,2-8H2,1H3,(H2,20,21). The second-order valence-electron chi connectivity index (χ2n) is 5.87. The molecule has 0 bridgehead atoms. The molecule has 2 heterocycles. The number of anilines is 1. The summed E-state index contributed by atoms with van der Waals surface area (Å²) in [5.74, 6) is 1.22. The Labute approximate surface area is 146 Å². The quantitative estimate of drug-likeness (QED) is 0.800. The van der Waals surface area contributed by atoms with Gasteiger partial charge in [0.15, 0.2) is 11.5 Å². The fourth-order valence-electron chi connectivity index (χ4n) is 2.88. The predicted molar refractivity (Wildman–Crippen MR) is 94.8 cm³/mol. The van der Waals surface area contributed by atoms with E-state index in [1.165, 1.54) is 6.20 Å². The van der Waals surface area contributed by atoms with Gasteiger partial charge in [-0.25, -0.2) is 0 Å². The molecule has 1 fully saturated rings. The molecule has 3 rings (SSSR count). The summed E-state index contributed by atoms with van der Waals surface area (Å²) in [5, 5.41) is 9.76. The Morgan fingerprint density at radius 1 is 1.32 bits per heavy atom. The molecule has 2 aromatic rings. The van der Waals surface area contributed by atoms with Gasteiger partial charge in [-0.1, -0.05) is 0 Å². The van der Waals surface area contributed by atoms with Crippen molar-refractivity contribution < 1.29 is 14.2 Å². The van der Waals surface area contributed by atoms with Gasteiger partial charge in [-0.15, -0.1) is 0 Å². The van der Waals surface area contributed by atoms with E-state index in [1.807, 2.05) is 6.07 Å². The highest BCUT2D eigenvalue weighted by molar-refractivity contribution is 5.94. The fraction of sp³-hybridized carbons (Fsp3) is 0.444. The van der Waals surface area contributed by atoms with Crippen molar-refractivity contribution in [1.29, 1.82) is 5.26 Å². The molecule has 0 amide bonds. The number of hydrogen-bond donors (Lipinski definition) is 1. The number of nitriles is 1. The molecule has 7 nitrogen and oxygen atoms in total. The number of hydrogen-bond acceptors (Lipinski definition) is 7. The van der Waals surface area contributed by atoms with Crippen LogP contribution in [-0.2, 0) is 4.74 Å². The predicted octanol–water partition coefficient (Wildman–Crippen LogP) is 1.80. The number of ether oxygens (including phenoxy) is 3. The van der Waals surface area contributed by atoms with Crippen LogP contribution in [0.5, 0.6) is 11.5 Å². The van der Waals surface area contributed by atoms with Crippen LogP contribution in [0.15, 0.2) is 18.3 Å². The number of aromatic nitrogens is 1. The Hall–Kier alpha value is -2.56. The molecule has 1 aliphatic heterocycles. The first-order valence-electron chi connectivity index (χ1n) is 8.32. The molecular weight excluding hydrogens is 320 g/mol. The van der Waals surface area contributed by atoms with Gasteiger partial charge in [-0.2, -0.15) is 5.26 Å². The zero-order valence-electron chi connectivity index (χ0n) is 14.3. The maximum absolute atomic E-state index is 9.07. The van der Waals surface area contributed by atoms with Crippen LogP contribution in [0.4, 0.5) is 5.69 Å². The molecule has 25 heavy (non-hydrogen) atoms. The van der Waals surface area contributed by atoms with Crippen molar-refractivity contribution in [2.45, 2.75) is 6.42 Å². The molecule has 0 spiro atoms. The van der Waals surface area contributed by atoms with Crippen molar-refractivity contribution in [3.8, 4) is 17.6 Å². The van der Waals surface area contributed by atoms with Gasteiger partial charge < -0.3 is 19.9 Å². The van der Waals surface area contributed by atoms with Gasteiger partial charge >= 0.3 is 0 Å². The topological polar surface area (TPSA) is 93.6 Å². The molecule has 0 atom stereocenters. The van der Waals surface area contributed by atoms with Gasteiger partial charge in [0.25, 0.3) is 0 Å². The van der Waals surface area contributed by atoms with Gasteiger partial charge in [-0.3, -0.25) is 9.88 Å². The number of methoxy groups -OCH3 is 1. The smallest absolute Gasteiger partial charge is 0.163 e. The van der Waals surface area contributed by atoms with E-state index < -0.39 is 0 Å². The summed E-state index contributed by atoms with van der Waals surface area (Å²) in [7, 11) is 1.58. The number of rotatable bonds is 6. The highest BCUT2D eigenvalue weighted by Crippen LogP contribution is 2.34. The first kappa shape index (κ1) is 17.3. The number of benzene rings is 1. The van der Waals surface area contributed by atoms with E-state index in [9.17, 15) is 0 Å². The van der Waals surface area contributed by atoms with Crippen molar-refractivity contribution in [2.75, 3.05) is 52.3 Å². The summed E-state index contributed by atoms with van der Waals surface area (Å²) >= 11 is 0. The van der Waals surface area contributed by atoms with E-state index in [1.54, 1.807) is 19.2 Å². The van der Waals surface area contributed by atoms with Gasteiger partial charge in [0, 0.05) is 37.3 Å². The molecule has 2 N–H and O–H groups in total. The first-order chi connectivity index (χ1) is 12.2. The van der Waals surface area contributed by atoms with Crippen molar-refractivity contribution in [3.63, 3.8) is 0 Å². The number of pyridine rings is 1. The highest BCUT2D eigenvalue weighted by Gasteiger charge is 2.13. The molecular formula is C18H22N4O3. The van der Waals surface area contributed by atoms with Crippen molar-refractivity contribution in [1.82, 2.24) is 9.88 Å². The van der Waals surface area contributed by atoms with Crippen LogP contribution in [0, 0.1) is 11.3 Å². The van der Waals surface area contributed by atoms with Crippen LogP contribution in [0.2, 0.25) is 0 Å². The van der Waals surface area contributed by atoms with E-state index in [2.05, 4.69) is 9.88 Å². The molecule has 0 radical (unpaired) electrons. The van der Waals surface area contributed by atoms with Crippen LogP contribution in [-0.4, -0.2) is 56.4 Å². The van der Waals surface area contributed by atoms with Gasteiger partial charge in [-0.05, 0) is 12.5 Å². The molecule has 132 valence electrons. The highest BCUT2D eigenvalue weighted by atomic mass is 16.5. The Kier molecular flexibility index (Phi) is 5.53. The van der Waals surface area contributed by atoms with Crippen LogP contribution < -0.4 is 15.2 Å². The summed E-state index contributed by atoms with van der Waals surface area (Å²) in [6.45, 7) is 5.13. The number of nitrogen functional groups attached to an aromatic ring is 1. The molecule has 1 aromatic heterocycles. The summed E-state index contributed by atoms with van der Waals surface area (Å²) < 4.78 is 16.7. The summed E-state index contributed by atoms with van der Waals surface area (Å²) in [4.78, 5) is 6.66.